The average Bonchev–Trinajstić information content (AvgIpc) is 4.01. The minimum atomic E-state index is -0.287. The van der Waals surface area contributed by atoms with E-state index in [2.05, 4.69) is 24.7 Å². The van der Waals surface area contributed by atoms with Gasteiger partial charge >= 0.3 is 0 Å². The summed E-state index contributed by atoms with van der Waals surface area (Å²) in [5, 5.41) is 2.81. The molecule has 0 unspecified atom stereocenters. The predicted octanol–water partition coefficient (Wildman–Crippen LogP) is 6.78. The highest BCUT2D eigenvalue weighted by Crippen LogP contribution is 2.39. The van der Waals surface area contributed by atoms with E-state index >= 15 is 0 Å². The third-order valence-corrected chi connectivity index (χ3v) is 10.5. The first kappa shape index (κ1) is 37.4. The van der Waals surface area contributed by atoms with Gasteiger partial charge in [-0.3, -0.25) is 18.4 Å². The number of anilines is 3. The van der Waals surface area contributed by atoms with Crippen molar-refractivity contribution in [2.45, 2.75) is 50.5 Å². The van der Waals surface area contributed by atoms with Gasteiger partial charge in [0.15, 0.2) is 0 Å². The van der Waals surface area contributed by atoms with Crippen LogP contribution in [0, 0.1) is 0 Å². The second kappa shape index (κ2) is 15.4. The van der Waals surface area contributed by atoms with Gasteiger partial charge in [-0.05, 0) is 62.1 Å². The number of nitrogens with two attached hydrogens (primary N) is 2. The molecule has 7 aromatic rings. The second-order valence-corrected chi connectivity index (χ2v) is 13.7. The first-order valence-electron chi connectivity index (χ1n) is 17.9. The van der Waals surface area contributed by atoms with E-state index in [4.69, 9.17) is 21.4 Å². The van der Waals surface area contributed by atoms with Crippen LogP contribution in [0.25, 0.3) is 33.5 Å². The van der Waals surface area contributed by atoms with Gasteiger partial charge in [-0.25, -0.2) is 24.9 Å². The molecule has 5 N–H and O–H groups in total. The van der Waals surface area contributed by atoms with Gasteiger partial charge in [0.1, 0.15) is 51.5 Å². The molecule has 5 aromatic heterocycles. The number of hydrogen-bond donors (Lipinski definition) is 3. The highest BCUT2D eigenvalue weighted by molar-refractivity contribution is 7.59. The van der Waals surface area contributed by atoms with Gasteiger partial charge in [0.2, 0.25) is 0 Å². The Bertz CT molecular complexity index is 2500. The molecule has 280 valence electrons. The van der Waals surface area contributed by atoms with Crippen molar-refractivity contribution in [3.63, 3.8) is 0 Å². The zero-order valence-corrected chi connectivity index (χ0v) is 31.9. The van der Waals surface area contributed by atoms with Crippen LogP contribution in [0.5, 0.6) is 0 Å². The Labute approximate surface area is 331 Å². The molecule has 1 atom stereocenters. The van der Waals surface area contributed by atoms with Gasteiger partial charge in [-0.1, -0.05) is 43.2 Å². The highest BCUT2D eigenvalue weighted by Gasteiger charge is 2.35. The first-order chi connectivity index (χ1) is 25.9. The smallest absolute Gasteiger partial charge is 0.256 e. The van der Waals surface area contributed by atoms with Crippen molar-refractivity contribution in [2.24, 2.45) is 0 Å². The van der Waals surface area contributed by atoms with Crippen molar-refractivity contribution in [1.82, 2.24) is 38.6 Å². The number of amides is 2. The average molecular weight is 772 g/mol. The van der Waals surface area contributed by atoms with Crippen LogP contribution in [0.3, 0.4) is 0 Å². The third-order valence-electron chi connectivity index (χ3n) is 10.5. The van der Waals surface area contributed by atoms with Crippen LogP contribution in [0.2, 0.25) is 0 Å². The Balaban J connectivity index is 0.00000233. The quantitative estimate of drug-likeness (QED) is 0.158. The number of nitrogens with zero attached hydrogens (tertiary/aromatic N) is 8. The van der Waals surface area contributed by atoms with E-state index in [1.54, 1.807) is 42.9 Å². The van der Waals surface area contributed by atoms with E-state index < -0.39 is 0 Å². The maximum Gasteiger partial charge on any atom is 0.256 e. The zero-order chi connectivity index (χ0) is 36.1. The molecule has 2 fully saturated rings. The lowest BCUT2D eigenvalue weighted by molar-refractivity contribution is 0.0729. The molecule has 0 spiro atoms. The molecule has 55 heavy (non-hydrogen) atoms. The fourth-order valence-electron chi connectivity index (χ4n) is 7.90. The van der Waals surface area contributed by atoms with Crippen molar-refractivity contribution in [2.75, 3.05) is 23.3 Å². The van der Waals surface area contributed by atoms with E-state index in [0.29, 0.717) is 58.1 Å². The molecule has 1 aliphatic heterocycles. The Morgan fingerprint density at radius 3 is 1.84 bits per heavy atom. The first-order valence-corrected chi connectivity index (χ1v) is 17.9. The van der Waals surface area contributed by atoms with Gasteiger partial charge < -0.3 is 21.7 Å². The Hall–Kier alpha value is -5.93. The number of carbonyl (C=O) groups is 2. The minimum Gasteiger partial charge on any atom is -0.382 e. The number of likely N-dealkylation sites (tertiary alicyclic amines) is 1. The fourth-order valence-corrected chi connectivity index (χ4v) is 7.90. The number of rotatable bonds is 7. The van der Waals surface area contributed by atoms with E-state index in [-0.39, 0.29) is 44.8 Å². The van der Waals surface area contributed by atoms with Crippen LogP contribution in [0.15, 0.2) is 97.7 Å². The fraction of sp³-hybridized carbons (Fsp3) is 0.225. The van der Waals surface area contributed by atoms with Gasteiger partial charge in [0.25, 0.3) is 11.8 Å². The summed E-state index contributed by atoms with van der Waals surface area (Å²) in [6, 6.07) is 19.8. The molecule has 1 saturated heterocycles. The molecule has 1 aliphatic carbocycles. The second-order valence-electron chi connectivity index (χ2n) is 13.7. The van der Waals surface area contributed by atoms with Crippen molar-refractivity contribution in [3.8, 4) is 22.5 Å². The van der Waals surface area contributed by atoms with Crippen LogP contribution in [0.1, 0.15) is 82.8 Å². The van der Waals surface area contributed by atoms with Gasteiger partial charge in [0, 0.05) is 65.7 Å². The van der Waals surface area contributed by atoms with Crippen molar-refractivity contribution in [3.05, 3.63) is 120 Å². The minimum absolute atomic E-state index is 0. The molecule has 15 heteroatoms. The van der Waals surface area contributed by atoms with Crippen molar-refractivity contribution < 1.29 is 9.59 Å². The summed E-state index contributed by atoms with van der Waals surface area (Å²) in [7, 11) is 0. The number of pyridine rings is 1. The number of fused-ring (bicyclic) bond motifs is 2. The van der Waals surface area contributed by atoms with Crippen LogP contribution >= 0.6 is 27.0 Å². The molecule has 2 amide bonds. The summed E-state index contributed by atoms with van der Waals surface area (Å²) >= 11 is 0. The Morgan fingerprint density at radius 1 is 0.655 bits per heavy atom. The monoisotopic (exact) mass is 771 g/mol. The SMILES string of the molecule is Nc1nccn2c(C3CCCC3)nc(-c3ccc(C(=O)N4CCC[C@H]4c4nc(-c5ccc(C(=O)Nc6ccccn6)cc5)c5c(N)nccn45)cc3)c12.S.S. The Kier molecular flexibility index (Phi) is 10.5. The molecule has 0 radical (unpaired) electrons. The van der Waals surface area contributed by atoms with Crippen LogP contribution in [-0.2, 0) is 0 Å². The largest absolute Gasteiger partial charge is 0.382 e. The number of carbonyl (C=O) groups excluding carboxylic acids is 2. The topological polar surface area (TPSA) is 175 Å². The van der Waals surface area contributed by atoms with Crippen LogP contribution in [-0.4, -0.2) is 57.0 Å². The van der Waals surface area contributed by atoms with Crippen molar-refractivity contribution >= 4 is 67.3 Å². The van der Waals surface area contributed by atoms with Crippen LogP contribution in [0.4, 0.5) is 17.5 Å². The molecular weight excluding hydrogens is 731 g/mol. The van der Waals surface area contributed by atoms with Crippen LogP contribution < -0.4 is 16.8 Å². The molecule has 0 bridgehead atoms. The molecule has 13 nitrogen and oxygen atoms in total. The number of nitrogen functional groups attached to an aromatic ring is 2. The van der Waals surface area contributed by atoms with E-state index in [1.807, 2.05) is 64.2 Å². The van der Waals surface area contributed by atoms with E-state index in [0.717, 1.165) is 53.8 Å². The van der Waals surface area contributed by atoms with Gasteiger partial charge in [0.05, 0.1) is 6.04 Å². The summed E-state index contributed by atoms with van der Waals surface area (Å²) in [6.07, 6.45) is 14.9. The normalized spacial score (nSPS) is 15.6. The number of benzene rings is 2. The zero-order valence-electron chi connectivity index (χ0n) is 29.9. The highest BCUT2D eigenvalue weighted by atomic mass is 32.1. The molecular formula is C40H41N11O2S2. The molecule has 9 rings (SSSR count). The number of imidazole rings is 2. The summed E-state index contributed by atoms with van der Waals surface area (Å²) < 4.78 is 4.02. The standard InChI is InChI=1S/C40H37N11O2.2H2S/c41-35-33-31(47-37(26-6-1-2-7-26)50(33)22-19-44-35)25-12-16-28(17-13-25)40(53)49-21-5-8-29(49)38-48-32(34-36(42)45-20-23-51(34)38)24-10-14-27(15-11-24)39(52)46-30-9-3-4-18-43-30;;/h3-4,9-20,22-23,26,29H,1-2,5-8,21H2,(H2,41,44)(H2,42,45)(H,43,46,52);2*1H2/t29-;;/m0../s1. The Morgan fingerprint density at radius 2 is 1.24 bits per heavy atom. The van der Waals surface area contributed by atoms with E-state index in [1.165, 1.54) is 12.8 Å². The summed E-state index contributed by atoms with van der Waals surface area (Å²) in [6.45, 7) is 0.592. The number of nitrogens with one attached hydrogen (secondary N) is 1. The maximum absolute atomic E-state index is 14.2. The predicted molar refractivity (Wildman–Crippen MR) is 223 cm³/mol. The number of hydrogen-bond acceptors (Lipinski definition) is 9. The lowest BCUT2D eigenvalue weighted by Gasteiger charge is -2.24. The van der Waals surface area contributed by atoms with Crippen molar-refractivity contribution in [1.29, 1.82) is 0 Å². The molecule has 2 aromatic carbocycles. The summed E-state index contributed by atoms with van der Waals surface area (Å²) in [5.74, 6) is 2.99. The summed E-state index contributed by atoms with van der Waals surface area (Å²) in [5.41, 5.74) is 18.4. The third kappa shape index (κ3) is 6.74. The molecule has 1 saturated carbocycles. The molecule has 6 heterocycles. The maximum atomic E-state index is 14.2. The van der Waals surface area contributed by atoms with Gasteiger partial charge in [-0.2, -0.15) is 27.0 Å². The van der Waals surface area contributed by atoms with Gasteiger partial charge in [-0.15, -0.1) is 0 Å². The lowest BCUT2D eigenvalue weighted by Crippen LogP contribution is -2.31. The number of aromatic nitrogens is 7. The lowest BCUT2D eigenvalue weighted by atomic mass is 10.1. The summed E-state index contributed by atoms with van der Waals surface area (Å²) in [4.78, 5) is 52.1. The molecule has 2 aliphatic rings. The van der Waals surface area contributed by atoms with E-state index in [9.17, 15) is 9.59 Å².